The van der Waals surface area contributed by atoms with Crippen molar-refractivity contribution in [2.75, 3.05) is 0 Å². The number of fused-ring (bicyclic) bond motifs is 2. The van der Waals surface area contributed by atoms with Crippen molar-refractivity contribution in [3.8, 4) is 0 Å². The van der Waals surface area contributed by atoms with E-state index in [1.807, 2.05) is 30.4 Å². The molecule has 2 atom stereocenters. The maximum atomic E-state index is 12.6. The van der Waals surface area contributed by atoms with Crippen LogP contribution in [0.1, 0.15) is 15.9 Å². The van der Waals surface area contributed by atoms with E-state index in [0.717, 1.165) is 15.6 Å². The first kappa shape index (κ1) is 11.2. The molecule has 2 heteroatoms. The summed E-state index contributed by atoms with van der Waals surface area (Å²) in [5.41, 5.74) is 4.42. The molecule has 0 N–H and O–H groups in total. The first-order valence-corrected chi connectivity index (χ1v) is 7.16. The summed E-state index contributed by atoms with van der Waals surface area (Å²) in [5, 5.41) is 0. The van der Waals surface area contributed by atoms with E-state index < -0.39 is 0 Å². The molecular formula is C17H11BrO. The standard InChI is InChI=1S/C17H11BrO/c18-15-9-8-11-10-4-1-2-5-12(10)17(19)14-7-3-6-13(15)16(11)14/h1-9,14,16H/t14-,16-/m1/s1. The number of carbonyl (C=O) groups excluding carboxylic acids is 1. The van der Waals surface area contributed by atoms with Crippen molar-refractivity contribution >= 4 is 27.3 Å². The van der Waals surface area contributed by atoms with Gasteiger partial charge in [-0.15, -0.1) is 0 Å². The molecule has 19 heavy (non-hydrogen) atoms. The quantitative estimate of drug-likeness (QED) is 0.698. The van der Waals surface area contributed by atoms with Crippen LogP contribution in [0.2, 0.25) is 0 Å². The minimum absolute atomic E-state index is 0.0533. The van der Waals surface area contributed by atoms with Gasteiger partial charge in [0, 0.05) is 16.0 Å². The summed E-state index contributed by atoms with van der Waals surface area (Å²) in [7, 11) is 0. The molecule has 0 amide bonds. The third-order valence-corrected chi connectivity index (χ3v) is 4.84. The molecule has 0 fully saturated rings. The summed E-state index contributed by atoms with van der Waals surface area (Å²) in [6.45, 7) is 0. The topological polar surface area (TPSA) is 17.1 Å². The number of hydrogen-bond donors (Lipinski definition) is 0. The van der Waals surface area contributed by atoms with Gasteiger partial charge in [0.2, 0.25) is 0 Å². The predicted molar refractivity (Wildman–Crippen MR) is 80.0 cm³/mol. The van der Waals surface area contributed by atoms with E-state index in [2.05, 4.69) is 40.2 Å². The number of ketones is 1. The fourth-order valence-electron chi connectivity index (χ4n) is 3.26. The van der Waals surface area contributed by atoms with Crippen LogP contribution < -0.4 is 0 Å². The van der Waals surface area contributed by atoms with Crippen LogP contribution in [-0.2, 0) is 0 Å². The second kappa shape index (κ2) is 3.91. The molecule has 0 unspecified atom stereocenters. The zero-order chi connectivity index (χ0) is 13.0. The molecular weight excluding hydrogens is 300 g/mol. The van der Waals surface area contributed by atoms with Crippen LogP contribution >= 0.6 is 15.9 Å². The molecule has 3 aliphatic rings. The molecule has 0 heterocycles. The van der Waals surface area contributed by atoms with Crippen molar-refractivity contribution < 1.29 is 4.79 Å². The van der Waals surface area contributed by atoms with Gasteiger partial charge in [0.05, 0.1) is 5.92 Å². The zero-order valence-corrected chi connectivity index (χ0v) is 11.7. The zero-order valence-electron chi connectivity index (χ0n) is 10.1. The van der Waals surface area contributed by atoms with Gasteiger partial charge in [-0.25, -0.2) is 0 Å². The molecule has 3 aliphatic carbocycles. The summed E-state index contributed by atoms with van der Waals surface area (Å²) in [6.07, 6.45) is 10.4. The van der Waals surface area contributed by atoms with E-state index in [-0.39, 0.29) is 17.6 Å². The summed E-state index contributed by atoms with van der Waals surface area (Å²) in [5.74, 6) is 0.357. The van der Waals surface area contributed by atoms with E-state index in [1.165, 1.54) is 11.1 Å². The van der Waals surface area contributed by atoms with Gasteiger partial charge in [-0.05, 0) is 22.8 Å². The fraction of sp³-hybridized carbons (Fsp3) is 0.118. The van der Waals surface area contributed by atoms with E-state index in [9.17, 15) is 4.79 Å². The Morgan fingerprint density at radius 2 is 1.74 bits per heavy atom. The van der Waals surface area contributed by atoms with Crippen molar-refractivity contribution in [2.24, 2.45) is 11.8 Å². The molecule has 92 valence electrons. The maximum Gasteiger partial charge on any atom is 0.171 e. The van der Waals surface area contributed by atoms with Gasteiger partial charge in [-0.1, -0.05) is 64.5 Å². The highest BCUT2D eigenvalue weighted by Gasteiger charge is 2.41. The predicted octanol–water partition coefficient (Wildman–Crippen LogP) is 4.29. The molecule has 0 aliphatic heterocycles. The number of Topliss-reactive ketones (excluding diaryl/α,β-unsaturated/α-hetero) is 1. The minimum Gasteiger partial charge on any atom is -0.293 e. The Hall–Kier alpha value is -1.67. The average Bonchev–Trinajstić information content (AvgIpc) is 2.46. The lowest BCUT2D eigenvalue weighted by Crippen LogP contribution is -2.33. The van der Waals surface area contributed by atoms with Crippen molar-refractivity contribution in [3.05, 3.63) is 75.8 Å². The highest BCUT2D eigenvalue weighted by Crippen LogP contribution is 2.49. The molecule has 0 saturated heterocycles. The first-order chi connectivity index (χ1) is 9.27. The van der Waals surface area contributed by atoms with Crippen LogP contribution in [0.3, 0.4) is 0 Å². The Morgan fingerprint density at radius 3 is 2.58 bits per heavy atom. The van der Waals surface area contributed by atoms with E-state index in [1.54, 1.807) is 0 Å². The second-order valence-corrected chi connectivity index (χ2v) is 5.91. The van der Waals surface area contributed by atoms with Gasteiger partial charge in [-0.3, -0.25) is 4.79 Å². The molecule has 1 aromatic carbocycles. The second-order valence-electron chi connectivity index (χ2n) is 5.06. The number of hydrogen-bond acceptors (Lipinski definition) is 1. The number of benzene rings is 1. The van der Waals surface area contributed by atoms with Gasteiger partial charge >= 0.3 is 0 Å². The monoisotopic (exact) mass is 310 g/mol. The van der Waals surface area contributed by atoms with E-state index in [0.29, 0.717) is 0 Å². The van der Waals surface area contributed by atoms with Crippen molar-refractivity contribution in [1.82, 2.24) is 0 Å². The number of allylic oxidation sites excluding steroid dienone is 8. The molecule has 0 bridgehead atoms. The third kappa shape index (κ3) is 1.44. The summed E-state index contributed by atoms with van der Waals surface area (Å²) < 4.78 is 1.09. The molecule has 0 radical (unpaired) electrons. The molecule has 1 aromatic rings. The van der Waals surface area contributed by atoms with Gasteiger partial charge in [0.1, 0.15) is 0 Å². The van der Waals surface area contributed by atoms with Crippen LogP contribution in [-0.4, -0.2) is 5.78 Å². The highest BCUT2D eigenvalue weighted by molar-refractivity contribution is 9.12. The summed E-state index contributed by atoms with van der Waals surface area (Å²) in [6, 6.07) is 7.93. The van der Waals surface area contributed by atoms with Gasteiger partial charge < -0.3 is 0 Å². The van der Waals surface area contributed by atoms with Crippen LogP contribution in [0.25, 0.3) is 5.57 Å². The Labute approximate surface area is 120 Å². The van der Waals surface area contributed by atoms with Crippen LogP contribution in [0.15, 0.2) is 64.7 Å². The Kier molecular flexibility index (Phi) is 2.30. The summed E-state index contributed by atoms with van der Waals surface area (Å²) >= 11 is 3.60. The largest absolute Gasteiger partial charge is 0.293 e. The molecule has 1 nitrogen and oxygen atoms in total. The lowest BCUT2D eigenvalue weighted by atomic mass is 9.65. The lowest BCUT2D eigenvalue weighted by molar-refractivity contribution is 0.0925. The van der Waals surface area contributed by atoms with Crippen molar-refractivity contribution in [3.63, 3.8) is 0 Å². The lowest BCUT2D eigenvalue weighted by Gasteiger charge is -2.37. The van der Waals surface area contributed by atoms with Crippen molar-refractivity contribution in [2.45, 2.75) is 0 Å². The van der Waals surface area contributed by atoms with Crippen molar-refractivity contribution in [1.29, 1.82) is 0 Å². The van der Waals surface area contributed by atoms with Crippen LogP contribution in [0.4, 0.5) is 0 Å². The Morgan fingerprint density at radius 1 is 0.947 bits per heavy atom. The smallest absolute Gasteiger partial charge is 0.171 e. The number of rotatable bonds is 0. The van der Waals surface area contributed by atoms with Gasteiger partial charge in [0.15, 0.2) is 5.78 Å². The first-order valence-electron chi connectivity index (χ1n) is 6.37. The van der Waals surface area contributed by atoms with Crippen LogP contribution in [0, 0.1) is 11.8 Å². The minimum atomic E-state index is -0.0533. The Bertz CT molecular complexity index is 719. The fourth-order valence-corrected chi connectivity index (χ4v) is 3.78. The van der Waals surface area contributed by atoms with Gasteiger partial charge in [0.25, 0.3) is 0 Å². The molecule has 0 aromatic heterocycles. The molecule has 0 saturated carbocycles. The Balaban J connectivity index is 2.04. The van der Waals surface area contributed by atoms with Crippen LogP contribution in [0.5, 0.6) is 0 Å². The highest BCUT2D eigenvalue weighted by atomic mass is 79.9. The number of carbonyl (C=O) groups is 1. The SMILES string of the molecule is O=C1c2ccccc2C2=CC=C(Br)C3=CC=C[C@@H]1[C@@H]32. The normalized spacial score (nSPS) is 27.0. The average molecular weight is 311 g/mol. The van der Waals surface area contributed by atoms with E-state index >= 15 is 0 Å². The summed E-state index contributed by atoms with van der Waals surface area (Å²) in [4.78, 5) is 12.6. The maximum absolute atomic E-state index is 12.6. The van der Waals surface area contributed by atoms with Gasteiger partial charge in [-0.2, -0.15) is 0 Å². The molecule has 4 rings (SSSR count). The molecule has 0 spiro atoms. The third-order valence-electron chi connectivity index (χ3n) is 4.11. The van der Waals surface area contributed by atoms with E-state index in [4.69, 9.17) is 0 Å². The number of halogens is 1.